The molecule has 0 aromatic heterocycles. The molecule has 0 aliphatic carbocycles. The lowest BCUT2D eigenvalue weighted by atomic mass is 10.3. The van der Waals surface area contributed by atoms with Crippen LogP contribution in [0.4, 0.5) is 5.69 Å². The van der Waals surface area contributed by atoms with Gasteiger partial charge in [0.05, 0.1) is 28.4 Å². The molecule has 2 rings (SSSR count). The summed E-state index contributed by atoms with van der Waals surface area (Å²) in [6.45, 7) is 1.61. The molecule has 1 N–H and O–H groups in total. The molecule has 0 unspecified atom stereocenters. The molecule has 1 aromatic carbocycles. The summed E-state index contributed by atoms with van der Waals surface area (Å²) in [6.07, 6.45) is 1.19. The van der Waals surface area contributed by atoms with Gasteiger partial charge in [0.2, 0.25) is 21.8 Å². The lowest BCUT2D eigenvalue weighted by molar-refractivity contribution is -0.137. The summed E-state index contributed by atoms with van der Waals surface area (Å²) < 4.78 is 30.0. The highest BCUT2D eigenvalue weighted by molar-refractivity contribution is 8.04. The summed E-state index contributed by atoms with van der Waals surface area (Å²) in [6, 6.07) is 5.69. The highest BCUT2D eigenvalue weighted by Gasteiger charge is 2.29. The number of nitrogens with one attached hydrogen (secondary N) is 1. The lowest BCUT2D eigenvalue weighted by Crippen LogP contribution is -2.34. The highest BCUT2D eigenvalue weighted by atomic mass is 32.2. The van der Waals surface area contributed by atoms with Gasteiger partial charge in [-0.1, -0.05) is 11.8 Å². The molecule has 0 spiro atoms. The maximum Gasteiger partial charge on any atom is 0.333 e. The monoisotopic (exact) mass is 427 g/mol. The number of hydrogen-bond acceptors (Lipinski definition) is 7. The minimum Gasteiger partial charge on any atom is -0.463 e. The number of nitrogens with zero attached hydrogens (tertiary/aromatic N) is 2. The summed E-state index contributed by atoms with van der Waals surface area (Å²) >= 11 is 1.15. The lowest BCUT2D eigenvalue weighted by Gasteiger charge is -2.17. The van der Waals surface area contributed by atoms with Gasteiger partial charge in [-0.25, -0.2) is 17.5 Å². The molecule has 1 saturated heterocycles. The predicted octanol–water partition coefficient (Wildman–Crippen LogP) is 0.855. The number of rotatable bonds is 7. The van der Waals surface area contributed by atoms with Crippen molar-refractivity contribution < 1.29 is 27.5 Å². The van der Waals surface area contributed by atoms with E-state index in [0.717, 1.165) is 16.1 Å². The molecule has 9 nitrogen and oxygen atoms in total. The predicted molar refractivity (Wildman–Crippen MR) is 105 cm³/mol. The number of carbonyl (C=O) groups excluding carboxylic acids is 3. The van der Waals surface area contributed by atoms with Gasteiger partial charge in [-0.2, -0.15) is 0 Å². The van der Waals surface area contributed by atoms with Crippen LogP contribution in [0.2, 0.25) is 0 Å². The van der Waals surface area contributed by atoms with Crippen molar-refractivity contribution in [2.75, 3.05) is 38.3 Å². The van der Waals surface area contributed by atoms with Crippen LogP contribution in [0, 0.1) is 0 Å². The third-order valence-corrected chi connectivity index (χ3v) is 6.51. The fraction of sp³-hybridized carbons (Fsp3) is 0.353. The van der Waals surface area contributed by atoms with Crippen molar-refractivity contribution in [2.24, 2.45) is 0 Å². The first kappa shape index (κ1) is 21.9. The molecule has 0 saturated carbocycles. The molecule has 0 bridgehead atoms. The van der Waals surface area contributed by atoms with Gasteiger partial charge in [0, 0.05) is 19.8 Å². The van der Waals surface area contributed by atoms with E-state index in [9.17, 15) is 22.8 Å². The summed E-state index contributed by atoms with van der Waals surface area (Å²) in [5.74, 6) is -1.21. The molecule has 1 fully saturated rings. The number of amides is 2. The fourth-order valence-electron chi connectivity index (χ4n) is 2.25. The van der Waals surface area contributed by atoms with E-state index >= 15 is 0 Å². The molecular weight excluding hydrogens is 406 g/mol. The topological polar surface area (TPSA) is 113 Å². The number of sulfonamides is 1. The second-order valence-corrected chi connectivity index (χ2v) is 9.01. The van der Waals surface area contributed by atoms with E-state index in [2.05, 4.69) is 5.32 Å². The van der Waals surface area contributed by atoms with Gasteiger partial charge < -0.3 is 10.1 Å². The first-order valence-corrected chi connectivity index (χ1v) is 10.7. The van der Waals surface area contributed by atoms with Crippen molar-refractivity contribution in [3.63, 3.8) is 0 Å². The number of anilines is 1. The molecule has 1 aliphatic rings. The molecule has 1 aliphatic heterocycles. The normalized spacial score (nSPS) is 15.9. The van der Waals surface area contributed by atoms with Crippen LogP contribution in [0.25, 0.3) is 0 Å². The molecule has 1 aromatic rings. The summed E-state index contributed by atoms with van der Waals surface area (Å²) in [7, 11) is -0.702. The van der Waals surface area contributed by atoms with Crippen LogP contribution in [0.1, 0.15) is 6.92 Å². The minimum absolute atomic E-state index is 0.0984. The number of esters is 1. The Kier molecular flexibility index (Phi) is 7.22. The molecule has 2 amide bonds. The first-order chi connectivity index (χ1) is 13.1. The van der Waals surface area contributed by atoms with E-state index in [4.69, 9.17) is 4.74 Å². The number of hydrogen-bond donors (Lipinski definition) is 1. The quantitative estimate of drug-likeness (QED) is 0.507. The van der Waals surface area contributed by atoms with Crippen LogP contribution in [0.15, 0.2) is 40.3 Å². The van der Waals surface area contributed by atoms with Crippen molar-refractivity contribution in [3.05, 3.63) is 35.4 Å². The molecule has 0 radical (unpaired) electrons. The van der Waals surface area contributed by atoms with E-state index in [1.54, 1.807) is 6.92 Å². The maximum atomic E-state index is 12.3. The summed E-state index contributed by atoms with van der Waals surface area (Å²) in [4.78, 5) is 37.2. The molecule has 1 heterocycles. The van der Waals surface area contributed by atoms with Gasteiger partial charge in [0.1, 0.15) is 6.54 Å². The van der Waals surface area contributed by atoms with Crippen LogP contribution in [-0.4, -0.2) is 68.4 Å². The molecule has 0 atom stereocenters. The largest absolute Gasteiger partial charge is 0.463 e. The fourth-order valence-corrected chi connectivity index (χ4v) is 4.08. The van der Waals surface area contributed by atoms with Gasteiger partial charge in [-0.15, -0.1) is 0 Å². The van der Waals surface area contributed by atoms with Crippen LogP contribution >= 0.6 is 11.8 Å². The van der Waals surface area contributed by atoms with Gasteiger partial charge >= 0.3 is 5.97 Å². The Morgan fingerprint density at radius 3 is 2.50 bits per heavy atom. The average molecular weight is 428 g/mol. The van der Waals surface area contributed by atoms with Crippen LogP contribution < -0.4 is 5.32 Å². The van der Waals surface area contributed by atoms with E-state index in [-0.39, 0.29) is 29.7 Å². The summed E-state index contributed by atoms with van der Waals surface area (Å²) in [5.41, 5.74) is 0.387. The Labute approximate surface area is 167 Å². The molecule has 11 heteroatoms. The number of ether oxygens (including phenoxy) is 1. The van der Waals surface area contributed by atoms with Gasteiger partial charge in [-0.3, -0.25) is 14.5 Å². The standard InChI is InChI=1S/C17H21N3O6S2/c1-4-26-17(23)9-16-20(15(22)11-27-16)10-14(21)18-12-5-7-13(8-6-12)28(24,25)19(2)3/h5-9H,4,10-11H2,1-3H3,(H,18,21)/b16-9-. The van der Waals surface area contributed by atoms with E-state index in [1.807, 2.05) is 0 Å². The van der Waals surface area contributed by atoms with Crippen molar-refractivity contribution >= 4 is 45.3 Å². The van der Waals surface area contributed by atoms with Gasteiger partial charge in [0.15, 0.2) is 0 Å². The zero-order chi connectivity index (χ0) is 20.9. The number of benzene rings is 1. The summed E-state index contributed by atoms with van der Waals surface area (Å²) in [5, 5.41) is 2.96. The van der Waals surface area contributed by atoms with E-state index in [1.165, 1.54) is 49.3 Å². The zero-order valence-corrected chi connectivity index (χ0v) is 17.3. The van der Waals surface area contributed by atoms with Crippen molar-refractivity contribution in [3.8, 4) is 0 Å². The van der Waals surface area contributed by atoms with Crippen LogP contribution in [0.3, 0.4) is 0 Å². The zero-order valence-electron chi connectivity index (χ0n) is 15.7. The average Bonchev–Trinajstić information content (AvgIpc) is 2.95. The Bertz CT molecular complexity index is 894. The highest BCUT2D eigenvalue weighted by Crippen LogP contribution is 2.28. The number of thioether (sulfide) groups is 1. The third kappa shape index (κ3) is 5.33. The van der Waals surface area contributed by atoms with Crippen molar-refractivity contribution in [2.45, 2.75) is 11.8 Å². The van der Waals surface area contributed by atoms with Crippen molar-refractivity contribution in [1.82, 2.24) is 9.21 Å². The molecular formula is C17H21N3O6S2. The third-order valence-electron chi connectivity index (χ3n) is 3.66. The van der Waals surface area contributed by atoms with Crippen molar-refractivity contribution in [1.29, 1.82) is 0 Å². The van der Waals surface area contributed by atoms with Crippen LogP contribution in [0.5, 0.6) is 0 Å². The van der Waals surface area contributed by atoms with Crippen LogP contribution in [-0.2, 0) is 29.1 Å². The SMILES string of the molecule is CCOC(=O)/C=C1\SCC(=O)N1CC(=O)Nc1ccc(S(=O)(=O)N(C)C)cc1. The first-order valence-electron chi connectivity index (χ1n) is 8.29. The Morgan fingerprint density at radius 2 is 1.93 bits per heavy atom. The number of carbonyl (C=O) groups is 3. The smallest absolute Gasteiger partial charge is 0.333 e. The molecule has 152 valence electrons. The maximum absolute atomic E-state index is 12.3. The Balaban J connectivity index is 2.05. The Morgan fingerprint density at radius 1 is 1.29 bits per heavy atom. The second-order valence-electron chi connectivity index (χ2n) is 5.86. The minimum atomic E-state index is -3.56. The van der Waals surface area contributed by atoms with Gasteiger partial charge in [0.25, 0.3) is 0 Å². The van der Waals surface area contributed by atoms with Gasteiger partial charge in [-0.05, 0) is 31.2 Å². The Hall–Kier alpha value is -2.37. The molecule has 28 heavy (non-hydrogen) atoms. The second kappa shape index (κ2) is 9.22. The van der Waals surface area contributed by atoms with E-state index in [0.29, 0.717) is 10.7 Å². The van der Waals surface area contributed by atoms with E-state index < -0.39 is 21.9 Å².